The van der Waals surface area contributed by atoms with Gasteiger partial charge < -0.3 is 26.3 Å². The fraction of sp³-hybridized carbons (Fsp3) is 0.438. The molecular formula is C32H34ClF5N8O3. The lowest BCUT2D eigenvalue weighted by Crippen LogP contribution is -2.43. The Labute approximate surface area is 282 Å². The van der Waals surface area contributed by atoms with Gasteiger partial charge in [-0.25, -0.2) is 18.7 Å². The fourth-order valence-corrected chi connectivity index (χ4v) is 7.22. The zero-order valence-corrected chi connectivity index (χ0v) is 27.3. The van der Waals surface area contributed by atoms with Gasteiger partial charge in [-0.05, 0) is 50.9 Å². The van der Waals surface area contributed by atoms with Gasteiger partial charge in [0, 0.05) is 37.3 Å². The van der Waals surface area contributed by atoms with Crippen molar-refractivity contribution in [2.24, 2.45) is 0 Å². The number of aromatic nitrogens is 4. The molecular weight excluding hydrogens is 675 g/mol. The van der Waals surface area contributed by atoms with Crippen molar-refractivity contribution in [3.8, 4) is 23.0 Å². The molecule has 2 aliphatic heterocycles. The van der Waals surface area contributed by atoms with Crippen LogP contribution < -0.4 is 31.8 Å². The lowest BCUT2D eigenvalue weighted by Gasteiger charge is -2.30. The minimum Gasteiger partial charge on any atom is -0.490 e. The van der Waals surface area contributed by atoms with E-state index in [1.54, 1.807) is 18.3 Å². The zero-order chi connectivity index (χ0) is 35.2. The minimum atomic E-state index is -4.99. The molecule has 4 aromatic rings. The Morgan fingerprint density at radius 2 is 2.04 bits per heavy atom. The molecule has 1 aromatic carbocycles. The summed E-state index contributed by atoms with van der Waals surface area (Å²) < 4.78 is 85.8. The number of hydrogen-bond acceptors (Lipinski definition) is 10. The summed E-state index contributed by atoms with van der Waals surface area (Å²) >= 11 is 6.63. The van der Waals surface area contributed by atoms with Gasteiger partial charge in [0.05, 0.1) is 27.4 Å². The number of nitrogens with zero attached hydrogens (tertiary/aromatic N) is 4. The van der Waals surface area contributed by atoms with E-state index in [-0.39, 0.29) is 50.1 Å². The number of rotatable bonds is 10. The van der Waals surface area contributed by atoms with Gasteiger partial charge in [0.25, 0.3) is 11.6 Å². The smallest absolute Gasteiger partial charge is 0.418 e. The number of aryl methyl sites for hydroxylation is 1. The predicted molar refractivity (Wildman–Crippen MR) is 174 cm³/mol. The maximum Gasteiger partial charge on any atom is 0.418 e. The van der Waals surface area contributed by atoms with Gasteiger partial charge in [-0.3, -0.25) is 14.7 Å². The molecule has 0 aliphatic carbocycles. The highest BCUT2D eigenvalue weighted by Crippen LogP contribution is 2.47. The second-order valence-electron chi connectivity index (χ2n) is 12.4. The monoisotopic (exact) mass is 708 g/mol. The lowest BCUT2D eigenvalue weighted by atomic mass is 9.95. The van der Waals surface area contributed by atoms with E-state index in [9.17, 15) is 22.4 Å². The summed E-state index contributed by atoms with van der Waals surface area (Å²) in [7, 11) is 0. The lowest BCUT2D eigenvalue weighted by molar-refractivity contribution is -0.137. The first-order valence-electron chi connectivity index (χ1n) is 15.6. The van der Waals surface area contributed by atoms with Crippen molar-refractivity contribution < 1.29 is 31.4 Å². The van der Waals surface area contributed by atoms with Gasteiger partial charge in [-0.1, -0.05) is 17.7 Å². The zero-order valence-electron chi connectivity index (χ0n) is 26.6. The second kappa shape index (κ2) is 13.2. The van der Waals surface area contributed by atoms with E-state index >= 15 is 4.39 Å². The largest absolute Gasteiger partial charge is 0.490 e. The standard InChI is InChI=1S/C32H34ClF5N8O3/c1-15-11-19(39)43-25(22(15)32(36,37)38)20-23(33)27(48-10-8-41-16(2)18-5-3-7-42-28(18)40)21-26(24(20)35)44-30(45-29(21)47)49-14-31-6-4-9-46(31)13-17(34)12-31/h3,5,7,11,16-17,41H,4,6,8-10,12-14H2,1-2H3,(H2,39,43)(H2,40,42)(H,44,45,47)/t16?,17-,31+/m1/s1. The van der Waals surface area contributed by atoms with Crippen molar-refractivity contribution in [3.63, 3.8) is 0 Å². The summed E-state index contributed by atoms with van der Waals surface area (Å²) in [6.07, 6.45) is -2.79. The number of nitrogens with one attached hydrogen (secondary N) is 2. The molecule has 0 bridgehead atoms. The van der Waals surface area contributed by atoms with Crippen LogP contribution in [0.15, 0.2) is 29.2 Å². The Hall–Kier alpha value is -4.28. The minimum absolute atomic E-state index is 0.0488. The second-order valence-corrected chi connectivity index (χ2v) is 12.8. The molecule has 49 heavy (non-hydrogen) atoms. The molecule has 262 valence electrons. The molecule has 2 fully saturated rings. The van der Waals surface area contributed by atoms with Crippen LogP contribution >= 0.6 is 11.6 Å². The van der Waals surface area contributed by atoms with Crippen LogP contribution in [-0.4, -0.2) is 69.4 Å². The van der Waals surface area contributed by atoms with Gasteiger partial charge in [-0.15, -0.1) is 0 Å². The number of alkyl halides is 4. The molecule has 5 heterocycles. The van der Waals surface area contributed by atoms with E-state index in [1.807, 2.05) is 11.8 Å². The maximum atomic E-state index is 16.6. The molecule has 0 spiro atoms. The first-order valence-corrected chi connectivity index (χ1v) is 16.0. The molecule has 0 radical (unpaired) electrons. The molecule has 0 saturated carbocycles. The number of halogens is 6. The third kappa shape index (κ3) is 6.56. The van der Waals surface area contributed by atoms with Crippen molar-refractivity contribution in [2.75, 3.05) is 44.3 Å². The van der Waals surface area contributed by atoms with Crippen LogP contribution in [0.4, 0.5) is 33.6 Å². The number of anilines is 2. The highest BCUT2D eigenvalue weighted by molar-refractivity contribution is 6.36. The first-order chi connectivity index (χ1) is 23.2. The summed E-state index contributed by atoms with van der Waals surface area (Å²) in [5, 5.41) is 2.08. The van der Waals surface area contributed by atoms with Gasteiger partial charge in [0.15, 0.2) is 11.6 Å². The molecule has 6 rings (SSSR count). The van der Waals surface area contributed by atoms with Crippen molar-refractivity contribution in [1.29, 1.82) is 0 Å². The molecule has 2 aliphatic rings. The number of nitrogens with two attached hydrogens (primary N) is 2. The van der Waals surface area contributed by atoms with Gasteiger partial charge in [-0.2, -0.15) is 18.2 Å². The van der Waals surface area contributed by atoms with E-state index in [4.69, 9.17) is 32.5 Å². The Morgan fingerprint density at radius 3 is 2.78 bits per heavy atom. The van der Waals surface area contributed by atoms with Gasteiger partial charge >= 0.3 is 6.18 Å². The summed E-state index contributed by atoms with van der Waals surface area (Å²) in [6.45, 7) is 3.84. The van der Waals surface area contributed by atoms with Crippen LogP contribution in [0.2, 0.25) is 5.02 Å². The van der Waals surface area contributed by atoms with E-state index in [0.29, 0.717) is 24.3 Å². The van der Waals surface area contributed by atoms with Crippen molar-refractivity contribution in [3.05, 3.63) is 62.3 Å². The van der Waals surface area contributed by atoms with E-state index < -0.39 is 73.8 Å². The number of hydrogen-bond donors (Lipinski definition) is 4. The normalized spacial score (nSPS) is 20.1. The van der Waals surface area contributed by atoms with Crippen LogP contribution in [0.25, 0.3) is 22.2 Å². The average molecular weight is 709 g/mol. The van der Waals surface area contributed by atoms with E-state index in [2.05, 4.69) is 25.3 Å². The average Bonchev–Trinajstić information content (AvgIpc) is 3.54. The number of H-pyrrole nitrogens is 1. The van der Waals surface area contributed by atoms with Gasteiger partial charge in [0.2, 0.25) is 0 Å². The van der Waals surface area contributed by atoms with Crippen molar-refractivity contribution in [2.45, 2.75) is 57.0 Å². The van der Waals surface area contributed by atoms with Gasteiger partial charge in [0.1, 0.15) is 41.9 Å². The highest BCUT2D eigenvalue weighted by Gasteiger charge is 2.49. The fourth-order valence-electron chi connectivity index (χ4n) is 6.89. The SMILES string of the molecule is Cc1cc(N)nc(-c2c(Cl)c(OCCNC(C)c3cccnc3N)c3c(=O)[nH]c(OC[C@@]45CCCN4C[C@H](F)C5)nc3c2F)c1C(F)(F)F. The third-order valence-corrected chi connectivity index (χ3v) is 9.46. The van der Waals surface area contributed by atoms with Crippen molar-refractivity contribution in [1.82, 2.24) is 30.2 Å². The number of fused-ring (bicyclic) bond motifs is 2. The summed E-state index contributed by atoms with van der Waals surface area (Å²) in [5.74, 6) is -1.79. The number of ether oxygens (including phenoxy) is 2. The van der Waals surface area contributed by atoms with E-state index in [1.165, 1.54) is 0 Å². The first kappa shape index (κ1) is 34.6. The molecule has 0 amide bonds. The predicted octanol–water partition coefficient (Wildman–Crippen LogP) is 5.35. The summed E-state index contributed by atoms with van der Waals surface area (Å²) in [4.78, 5) is 30.0. The van der Waals surface area contributed by atoms with Crippen LogP contribution in [0.3, 0.4) is 0 Å². The Morgan fingerprint density at radius 1 is 1.27 bits per heavy atom. The topological polar surface area (TPSA) is 157 Å². The number of pyridine rings is 2. The van der Waals surface area contributed by atoms with Crippen LogP contribution in [0.5, 0.6) is 11.8 Å². The Kier molecular flexibility index (Phi) is 9.32. The van der Waals surface area contributed by atoms with Crippen LogP contribution in [-0.2, 0) is 6.18 Å². The summed E-state index contributed by atoms with van der Waals surface area (Å²) in [6, 6.07) is 3.82. The molecule has 2 saturated heterocycles. The quantitative estimate of drug-likeness (QED) is 0.125. The highest BCUT2D eigenvalue weighted by atomic mass is 35.5. The van der Waals surface area contributed by atoms with Crippen LogP contribution in [0.1, 0.15) is 48.9 Å². The van der Waals surface area contributed by atoms with Crippen molar-refractivity contribution >= 4 is 34.1 Å². The molecule has 17 heteroatoms. The molecule has 1 unspecified atom stereocenters. The molecule has 6 N–H and O–H groups in total. The summed E-state index contributed by atoms with van der Waals surface area (Å²) in [5.41, 5.74) is 6.98. The molecule has 3 atom stereocenters. The number of aromatic amines is 1. The maximum absolute atomic E-state index is 16.6. The number of benzene rings is 1. The Bertz CT molecular complexity index is 1960. The third-order valence-electron chi connectivity index (χ3n) is 9.10. The van der Waals surface area contributed by atoms with Crippen LogP contribution in [0, 0.1) is 12.7 Å². The Balaban J connectivity index is 1.42. The molecule has 11 nitrogen and oxygen atoms in total. The molecule has 3 aromatic heterocycles. The van der Waals surface area contributed by atoms with E-state index in [0.717, 1.165) is 19.4 Å². The number of nitrogen functional groups attached to an aromatic ring is 2.